The Morgan fingerprint density at radius 2 is 2.24 bits per heavy atom. The lowest BCUT2D eigenvalue weighted by Crippen LogP contribution is -2.45. The van der Waals surface area contributed by atoms with Crippen molar-refractivity contribution in [3.63, 3.8) is 0 Å². The van der Waals surface area contributed by atoms with Gasteiger partial charge in [0.05, 0.1) is 6.61 Å². The third-order valence-electron chi connectivity index (χ3n) is 4.46. The molecule has 140 valence electrons. The van der Waals surface area contributed by atoms with Gasteiger partial charge < -0.3 is 15.4 Å². The van der Waals surface area contributed by atoms with E-state index < -0.39 is 0 Å². The van der Waals surface area contributed by atoms with Gasteiger partial charge in [0.15, 0.2) is 5.96 Å². The molecule has 1 aromatic rings. The first-order valence-electron chi connectivity index (χ1n) is 9.01. The van der Waals surface area contributed by atoms with Gasteiger partial charge in [0.2, 0.25) is 0 Å². The number of thioether (sulfide) groups is 1. The Hall–Kier alpha value is -1.27. The monoisotopic (exact) mass is 367 g/mol. The first-order valence-corrected chi connectivity index (χ1v) is 10.1. The lowest BCUT2D eigenvalue weighted by Gasteiger charge is -2.30. The Bertz CT molecular complexity index is 566. The molecule has 2 rings (SSSR count). The molecule has 0 amide bonds. The van der Waals surface area contributed by atoms with Crippen molar-refractivity contribution in [3.8, 4) is 0 Å². The van der Waals surface area contributed by atoms with Crippen molar-refractivity contribution in [2.24, 2.45) is 4.99 Å². The SMILES string of the molecule is CCSC1CCCC(NC(=NC)NCc2ccc(F)c(COC)c2)C1. The molecule has 4 nitrogen and oxygen atoms in total. The molecule has 6 heteroatoms. The quantitative estimate of drug-likeness (QED) is 0.570. The average Bonchev–Trinajstić information content (AvgIpc) is 2.62. The van der Waals surface area contributed by atoms with E-state index in [-0.39, 0.29) is 12.4 Å². The van der Waals surface area contributed by atoms with Crippen LogP contribution in [0, 0.1) is 5.82 Å². The predicted octanol–water partition coefficient (Wildman–Crippen LogP) is 3.70. The zero-order valence-corrected chi connectivity index (χ0v) is 16.3. The minimum Gasteiger partial charge on any atom is -0.380 e. The summed E-state index contributed by atoms with van der Waals surface area (Å²) < 4.78 is 18.7. The first-order chi connectivity index (χ1) is 12.2. The summed E-state index contributed by atoms with van der Waals surface area (Å²) in [5.41, 5.74) is 1.59. The highest BCUT2D eigenvalue weighted by Gasteiger charge is 2.22. The number of guanidine groups is 1. The van der Waals surface area contributed by atoms with Crippen LogP contribution in [0.1, 0.15) is 43.7 Å². The van der Waals surface area contributed by atoms with Crippen molar-refractivity contribution in [2.45, 2.75) is 57.1 Å². The van der Waals surface area contributed by atoms with Crippen molar-refractivity contribution >= 4 is 17.7 Å². The number of aliphatic imine (C=N–C) groups is 1. The molecule has 2 atom stereocenters. The number of nitrogens with one attached hydrogen (secondary N) is 2. The smallest absolute Gasteiger partial charge is 0.191 e. The van der Waals surface area contributed by atoms with E-state index >= 15 is 0 Å². The summed E-state index contributed by atoms with van der Waals surface area (Å²) in [4.78, 5) is 4.33. The molecule has 0 aliphatic heterocycles. The molecular formula is C19H30FN3OS. The van der Waals surface area contributed by atoms with E-state index in [0.29, 0.717) is 18.2 Å². The normalized spacial score (nSPS) is 21.2. The van der Waals surface area contributed by atoms with E-state index in [4.69, 9.17) is 4.74 Å². The molecule has 0 spiro atoms. The minimum absolute atomic E-state index is 0.227. The Morgan fingerprint density at radius 1 is 1.40 bits per heavy atom. The van der Waals surface area contributed by atoms with E-state index in [1.54, 1.807) is 20.2 Å². The maximum atomic E-state index is 13.7. The van der Waals surface area contributed by atoms with Gasteiger partial charge in [-0.25, -0.2) is 4.39 Å². The number of rotatable bonds is 7. The maximum Gasteiger partial charge on any atom is 0.191 e. The van der Waals surface area contributed by atoms with Crippen LogP contribution >= 0.6 is 11.8 Å². The van der Waals surface area contributed by atoms with Crippen LogP contribution in [0.4, 0.5) is 4.39 Å². The fourth-order valence-corrected chi connectivity index (χ4v) is 4.41. The van der Waals surface area contributed by atoms with Gasteiger partial charge in [-0.15, -0.1) is 0 Å². The van der Waals surface area contributed by atoms with Crippen LogP contribution in [0.25, 0.3) is 0 Å². The molecule has 0 heterocycles. The van der Waals surface area contributed by atoms with Gasteiger partial charge in [-0.05, 0) is 42.7 Å². The highest BCUT2D eigenvalue weighted by molar-refractivity contribution is 7.99. The van der Waals surface area contributed by atoms with Gasteiger partial charge in [-0.3, -0.25) is 4.99 Å². The lowest BCUT2D eigenvalue weighted by atomic mass is 9.95. The summed E-state index contributed by atoms with van der Waals surface area (Å²) in [7, 11) is 3.36. The number of halogens is 1. The summed E-state index contributed by atoms with van der Waals surface area (Å²) in [6.45, 7) is 3.12. The van der Waals surface area contributed by atoms with Crippen LogP contribution in [0.2, 0.25) is 0 Å². The van der Waals surface area contributed by atoms with Crippen molar-refractivity contribution in [2.75, 3.05) is 19.9 Å². The second kappa shape index (κ2) is 10.7. The van der Waals surface area contributed by atoms with Crippen LogP contribution in [-0.2, 0) is 17.9 Å². The van der Waals surface area contributed by atoms with Crippen molar-refractivity contribution in [1.29, 1.82) is 0 Å². The van der Waals surface area contributed by atoms with E-state index in [1.807, 2.05) is 6.07 Å². The zero-order valence-electron chi connectivity index (χ0n) is 15.5. The number of methoxy groups -OCH3 is 1. The van der Waals surface area contributed by atoms with Crippen molar-refractivity contribution in [1.82, 2.24) is 10.6 Å². The van der Waals surface area contributed by atoms with Gasteiger partial charge in [-0.1, -0.05) is 19.4 Å². The summed E-state index contributed by atoms with van der Waals surface area (Å²) >= 11 is 2.06. The second-order valence-electron chi connectivity index (χ2n) is 6.37. The van der Waals surface area contributed by atoms with E-state index in [1.165, 1.54) is 37.5 Å². The molecule has 1 saturated carbocycles. The number of ether oxygens (including phenoxy) is 1. The van der Waals surface area contributed by atoms with Crippen molar-refractivity contribution < 1.29 is 9.13 Å². The fourth-order valence-electron chi connectivity index (χ4n) is 3.24. The highest BCUT2D eigenvalue weighted by Crippen LogP contribution is 2.28. The van der Waals surface area contributed by atoms with E-state index in [2.05, 4.69) is 34.3 Å². The number of hydrogen-bond acceptors (Lipinski definition) is 3. The summed E-state index contributed by atoms with van der Waals surface area (Å²) in [5.74, 6) is 1.76. The van der Waals surface area contributed by atoms with Crippen LogP contribution in [0.5, 0.6) is 0 Å². The summed E-state index contributed by atoms with van der Waals surface area (Å²) in [6.07, 6.45) is 4.97. The van der Waals surface area contributed by atoms with Crippen LogP contribution in [0.15, 0.2) is 23.2 Å². The molecule has 0 bridgehead atoms. The molecule has 2 unspecified atom stereocenters. The molecule has 0 aromatic heterocycles. The van der Waals surface area contributed by atoms with Gasteiger partial charge in [-0.2, -0.15) is 11.8 Å². The molecule has 1 fully saturated rings. The molecule has 1 aliphatic rings. The zero-order chi connectivity index (χ0) is 18.1. The van der Waals surface area contributed by atoms with Crippen LogP contribution in [0.3, 0.4) is 0 Å². The minimum atomic E-state index is -0.227. The third-order valence-corrected chi connectivity index (χ3v) is 5.70. The Kier molecular flexibility index (Phi) is 8.55. The van der Waals surface area contributed by atoms with Crippen molar-refractivity contribution in [3.05, 3.63) is 35.1 Å². The predicted molar refractivity (Wildman–Crippen MR) is 105 cm³/mol. The topological polar surface area (TPSA) is 45.7 Å². The average molecular weight is 368 g/mol. The maximum absolute atomic E-state index is 13.7. The van der Waals surface area contributed by atoms with E-state index in [0.717, 1.165) is 16.8 Å². The number of benzene rings is 1. The molecule has 25 heavy (non-hydrogen) atoms. The molecular weight excluding hydrogens is 337 g/mol. The van der Waals surface area contributed by atoms with Crippen LogP contribution in [-0.4, -0.2) is 37.2 Å². The first kappa shape index (κ1) is 20.0. The van der Waals surface area contributed by atoms with Gasteiger partial charge in [0.1, 0.15) is 5.82 Å². The second-order valence-corrected chi connectivity index (χ2v) is 7.95. The molecule has 1 aromatic carbocycles. The van der Waals surface area contributed by atoms with Gasteiger partial charge in [0, 0.05) is 37.6 Å². The Balaban J connectivity index is 1.87. The number of nitrogens with zero attached hydrogens (tertiary/aromatic N) is 1. The van der Waals surface area contributed by atoms with Gasteiger partial charge >= 0.3 is 0 Å². The van der Waals surface area contributed by atoms with Crippen LogP contribution < -0.4 is 10.6 Å². The summed E-state index contributed by atoms with van der Waals surface area (Å²) in [5, 5.41) is 7.63. The molecule has 2 N–H and O–H groups in total. The highest BCUT2D eigenvalue weighted by atomic mass is 32.2. The standard InChI is InChI=1S/C19H30FN3OS/c1-4-25-17-7-5-6-16(11-17)23-19(21-2)22-12-14-8-9-18(20)15(10-14)13-24-3/h8-10,16-17H,4-7,11-13H2,1-3H3,(H2,21,22,23). The largest absolute Gasteiger partial charge is 0.380 e. The summed E-state index contributed by atoms with van der Waals surface area (Å²) in [6, 6.07) is 5.60. The Morgan fingerprint density at radius 3 is 2.96 bits per heavy atom. The third kappa shape index (κ3) is 6.51. The molecule has 1 aliphatic carbocycles. The molecule has 0 saturated heterocycles. The molecule has 0 radical (unpaired) electrons. The van der Waals surface area contributed by atoms with Gasteiger partial charge in [0.25, 0.3) is 0 Å². The Labute approximate surface area is 155 Å². The lowest BCUT2D eigenvalue weighted by molar-refractivity contribution is 0.181. The number of hydrogen-bond donors (Lipinski definition) is 2. The fraction of sp³-hybridized carbons (Fsp3) is 0.632. The van der Waals surface area contributed by atoms with E-state index in [9.17, 15) is 4.39 Å².